The van der Waals surface area contributed by atoms with Crippen molar-refractivity contribution in [2.75, 3.05) is 12.3 Å². The molecule has 5 heteroatoms. The molecule has 0 aromatic heterocycles. The molecule has 0 radical (unpaired) electrons. The van der Waals surface area contributed by atoms with Crippen molar-refractivity contribution in [2.24, 2.45) is 0 Å². The molecule has 1 atom stereocenters. The van der Waals surface area contributed by atoms with E-state index in [9.17, 15) is 8.42 Å². The van der Waals surface area contributed by atoms with Crippen molar-refractivity contribution in [3.63, 3.8) is 0 Å². The van der Waals surface area contributed by atoms with Gasteiger partial charge in [-0.25, -0.2) is 13.1 Å². The van der Waals surface area contributed by atoms with E-state index in [1.165, 1.54) is 5.56 Å². The van der Waals surface area contributed by atoms with Gasteiger partial charge in [0, 0.05) is 12.1 Å². The Labute approximate surface area is 128 Å². The lowest BCUT2D eigenvalue weighted by molar-refractivity contribution is 0.504. The molecule has 0 heterocycles. The molecule has 0 fully saturated rings. The van der Waals surface area contributed by atoms with Gasteiger partial charge in [-0.15, -0.1) is 0 Å². The van der Waals surface area contributed by atoms with Crippen LogP contribution in [0.1, 0.15) is 50.3 Å². The van der Waals surface area contributed by atoms with Crippen molar-refractivity contribution < 1.29 is 8.42 Å². The second kappa shape index (κ2) is 7.38. The first-order chi connectivity index (χ1) is 9.98. The number of rotatable bonds is 7. The van der Waals surface area contributed by atoms with E-state index in [2.05, 4.69) is 30.0 Å². The third-order valence-electron chi connectivity index (χ3n) is 3.83. The fourth-order valence-corrected chi connectivity index (χ4v) is 4.13. The number of hydrogen-bond donors (Lipinski definition) is 2. The molecule has 0 spiro atoms. The molecular weight excluding hydrogens is 284 g/mol. The van der Waals surface area contributed by atoms with E-state index < -0.39 is 10.0 Å². The maximum absolute atomic E-state index is 12.2. The Bertz CT molecular complexity index is 555. The van der Waals surface area contributed by atoms with Gasteiger partial charge in [-0.1, -0.05) is 38.1 Å². The summed E-state index contributed by atoms with van der Waals surface area (Å²) in [7, 11) is -3.21. The fraction of sp³-hybridized carbons (Fsp3) is 0.625. The van der Waals surface area contributed by atoms with Gasteiger partial charge in [0.25, 0.3) is 0 Å². The Morgan fingerprint density at radius 3 is 2.81 bits per heavy atom. The minimum atomic E-state index is -3.21. The standard InChI is InChI=1S/C16H26N2O2S/c1-13(2)17-11-6-12-21(19,20)18-16-10-5-8-14-7-3-4-9-15(14)16/h3-4,7,9,13,16-18H,5-6,8,10-12H2,1-2H3. The first-order valence-electron chi connectivity index (χ1n) is 7.79. The summed E-state index contributed by atoms with van der Waals surface area (Å²) in [4.78, 5) is 0. The second-order valence-corrected chi connectivity index (χ2v) is 7.92. The van der Waals surface area contributed by atoms with Crippen molar-refractivity contribution in [1.82, 2.24) is 10.0 Å². The van der Waals surface area contributed by atoms with Gasteiger partial charge in [-0.05, 0) is 43.4 Å². The Kier molecular flexibility index (Phi) is 5.79. The SMILES string of the molecule is CC(C)NCCCS(=O)(=O)NC1CCCc2ccccc21. The Morgan fingerprint density at radius 2 is 2.05 bits per heavy atom. The summed E-state index contributed by atoms with van der Waals surface area (Å²) in [6.45, 7) is 4.86. The Balaban J connectivity index is 1.92. The molecule has 1 aliphatic rings. The van der Waals surface area contributed by atoms with E-state index in [-0.39, 0.29) is 11.8 Å². The number of nitrogens with one attached hydrogen (secondary N) is 2. The van der Waals surface area contributed by atoms with Crippen molar-refractivity contribution in [3.05, 3.63) is 35.4 Å². The molecule has 4 nitrogen and oxygen atoms in total. The van der Waals surface area contributed by atoms with Gasteiger partial charge in [-0.3, -0.25) is 0 Å². The molecule has 0 saturated carbocycles. The minimum absolute atomic E-state index is 0.0574. The van der Waals surface area contributed by atoms with Gasteiger partial charge in [0.2, 0.25) is 10.0 Å². The summed E-state index contributed by atoms with van der Waals surface area (Å²) in [6, 6.07) is 8.49. The van der Waals surface area contributed by atoms with Crippen LogP contribution in [0.5, 0.6) is 0 Å². The lowest BCUT2D eigenvalue weighted by atomic mass is 9.88. The fourth-order valence-electron chi connectivity index (χ4n) is 2.80. The highest BCUT2D eigenvalue weighted by Crippen LogP contribution is 2.29. The van der Waals surface area contributed by atoms with Crippen LogP contribution in [-0.4, -0.2) is 26.8 Å². The second-order valence-electron chi connectivity index (χ2n) is 6.04. The van der Waals surface area contributed by atoms with Gasteiger partial charge in [0.15, 0.2) is 0 Å². The molecule has 2 rings (SSSR count). The van der Waals surface area contributed by atoms with Crippen LogP contribution >= 0.6 is 0 Å². The van der Waals surface area contributed by atoms with Crippen molar-refractivity contribution in [1.29, 1.82) is 0 Å². The molecule has 0 amide bonds. The topological polar surface area (TPSA) is 58.2 Å². The zero-order chi connectivity index (χ0) is 15.3. The van der Waals surface area contributed by atoms with E-state index in [0.29, 0.717) is 12.5 Å². The summed E-state index contributed by atoms with van der Waals surface area (Å²) in [5.74, 6) is 0.186. The first-order valence-corrected chi connectivity index (χ1v) is 9.44. The highest BCUT2D eigenvalue weighted by atomic mass is 32.2. The summed E-state index contributed by atoms with van der Waals surface area (Å²) in [5.41, 5.74) is 2.42. The Morgan fingerprint density at radius 1 is 1.29 bits per heavy atom. The lowest BCUT2D eigenvalue weighted by Crippen LogP contribution is -2.34. The molecular formula is C16H26N2O2S. The molecule has 2 N–H and O–H groups in total. The summed E-state index contributed by atoms with van der Waals surface area (Å²) >= 11 is 0. The highest BCUT2D eigenvalue weighted by Gasteiger charge is 2.24. The normalized spacial score (nSPS) is 18.7. The van der Waals surface area contributed by atoms with Crippen LogP contribution in [0.3, 0.4) is 0 Å². The van der Waals surface area contributed by atoms with Crippen LogP contribution in [0.2, 0.25) is 0 Å². The molecule has 1 aliphatic carbocycles. The number of hydrogen-bond acceptors (Lipinski definition) is 3. The molecule has 118 valence electrons. The average Bonchev–Trinajstić information content (AvgIpc) is 2.44. The summed E-state index contributed by atoms with van der Waals surface area (Å²) < 4.78 is 27.3. The zero-order valence-electron chi connectivity index (χ0n) is 12.9. The molecule has 1 aromatic rings. The zero-order valence-corrected chi connectivity index (χ0v) is 13.7. The third-order valence-corrected chi connectivity index (χ3v) is 5.30. The number of benzene rings is 1. The van der Waals surface area contributed by atoms with E-state index >= 15 is 0 Å². The van der Waals surface area contributed by atoms with Gasteiger partial charge in [-0.2, -0.15) is 0 Å². The number of aryl methyl sites for hydroxylation is 1. The molecule has 0 bridgehead atoms. The van der Waals surface area contributed by atoms with Crippen LogP contribution in [0.4, 0.5) is 0 Å². The van der Waals surface area contributed by atoms with Crippen LogP contribution < -0.4 is 10.0 Å². The van der Waals surface area contributed by atoms with E-state index in [1.54, 1.807) is 0 Å². The van der Waals surface area contributed by atoms with Gasteiger partial charge >= 0.3 is 0 Å². The molecule has 1 unspecified atom stereocenters. The summed E-state index contributed by atoms with van der Waals surface area (Å²) in [5, 5.41) is 3.25. The molecule has 1 aromatic carbocycles. The van der Waals surface area contributed by atoms with Crippen molar-refractivity contribution in [3.8, 4) is 0 Å². The molecule has 0 saturated heterocycles. The van der Waals surface area contributed by atoms with Gasteiger partial charge in [0.1, 0.15) is 0 Å². The van der Waals surface area contributed by atoms with E-state index in [0.717, 1.165) is 31.4 Å². The van der Waals surface area contributed by atoms with Gasteiger partial charge in [0.05, 0.1) is 5.75 Å². The van der Waals surface area contributed by atoms with Crippen LogP contribution in [-0.2, 0) is 16.4 Å². The predicted molar refractivity (Wildman–Crippen MR) is 86.8 cm³/mol. The van der Waals surface area contributed by atoms with Crippen molar-refractivity contribution in [2.45, 2.75) is 51.6 Å². The quantitative estimate of drug-likeness (QED) is 0.760. The molecule has 21 heavy (non-hydrogen) atoms. The first kappa shape index (κ1) is 16.5. The Hall–Kier alpha value is -0.910. The maximum atomic E-state index is 12.2. The van der Waals surface area contributed by atoms with Crippen LogP contribution in [0.15, 0.2) is 24.3 Å². The average molecular weight is 310 g/mol. The largest absolute Gasteiger partial charge is 0.314 e. The van der Waals surface area contributed by atoms with Gasteiger partial charge < -0.3 is 5.32 Å². The highest BCUT2D eigenvalue weighted by molar-refractivity contribution is 7.89. The summed E-state index contributed by atoms with van der Waals surface area (Å²) in [6.07, 6.45) is 3.62. The van der Waals surface area contributed by atoms with Crippen LogP contribution in [0.25, 0.3) is 0 Å². The van der Waals surface area contributed by atoms with E-state index in [4.69, 9.17) is 0 Å². The number of sulfonamides is 1. The lowest BCUT2D eigenvalue weighted by Gasteiger charge is -2.26. The number of fused-ring (bicyclic) bond motifs is 1. The predicted octanol–water partition coefficient (Wildman–Crippen LogP) is 2.37. The monoisotopic (exact) mass is 310 g/mol. The molecule has 0 aliphatic heterocycles. The van der Waals surface area contributed by atoms with Crippen molar-refractivity contribution >= 4 is 10.0 Å². The van der Waals surface area contributed by atoms with Crippen LogP contribution in [0, 0.1) is 0 Å². The smallest absolute Gasteiger partial charge is 0.212 e. The minimum Gasteiger partial charge on any atom is -0.314 e. The maximum Gasteiger partial charge on any atom is 0.212 e. The third kappa shape index (κ3) is 5.09. The van der Waals surface area contributed by atoms with E-state index in [1.807, 2.05) is 18.2 Å².